The standard InChI is InChI=1S/C19H30N2O3/c1-6-23-15-10-8-14(9-11-15)13-21(5)17(22)19(20)12-16(24-7-2)18(19,3)4/h8-11,16H,6-7,12-13,20H2,1-5H3. The van der Waals surface area contributed by atoms with Gasteiger partial charge in [-0.25, -0.2) is 0 Å². The van der Waals surface area contributed by atoms with Gasteiger partial charge in [0, 0.05) is 32.0 Å². The van der Waals surface area contributed by atoms with Crippen molar-refractivity contribution < 1.29 is 14.3 Å². The van der Waals surface area contributed by atoms with E-state index in [1.165, 1.54) is 0 Å². The second-order valence-electron chi connectivity index (χ2n) is 7.08. The first-order chi connectivity index (χ1) is 11.3. The minimum atomic E-state index is -0.868. The van der Waals surface area contributed by atoms with E-state index in [0.717, 1.165) is 11.3 Å². The van der Waals surface area contributed by atoms with Crippen LogP contribution in [0.25, 0.3) is 0 Å². The first-order valence-electron chi connectivity index (χ1n) is 8.64. The molecular formula is C19H30N2O3. The van der Waals surface area contributed by atoms with Gasteiger partial charge in [-0.1, -0.05) is 26.0 Å². The topological polar surface area (TPSA) is 64.8 Å². The van der Waals surface area contributed by atoms with Gasteiger partial charge in [-0.05, 0) is 31.5 Å². The zero-order valence-corrected chi connectivity index (χ0v) is 15.5. The molecule has 0 aliphatic heterocycles. The van der Waals surface area contributed by atoms with Crippen molar-refractivity contribution in [1.82, 2.24) is 4.90 Å². The Morgan fingerprint density at radius 2 is 1.88 bits per heavy atom. The highest BCUT2D eigenvalue weighted by atomic mass is 16.5. The molecule has 1 amide bonds. The lowest BCUT2D eigenvalue weighted by atomic mass is 9.54. The van der Waals surface area contributed by atoms with Gasteiger partial charge >= 0.3 is 0 Å². The van der Waals surface area contributed by atoms with Gasteiger partial charge in [0.15, 0.2) is 0 Å². The van der Waals surface area contributed by atoms with Crippen molar-refractivity contribution in [3.63, 3.8) is 0 Å². The van der Waals surface area contributed by atoms with Gasteiger partial charge in [0.2, 0.25) is 5.91 Å². The predicted octanol–water partition coefficient (Wildman–Crippen LogP) is 2.58. The summed E-state index contributed by atoms with van der Waals surface area (Å²) < 4.78 is 11.1. The van der Waals surface area contributed by atoms with Crippen molar-refractivity contribution in [1.29, 1.82) is 0 Å². The molecule has 1 fully saturated rings. The van der Waals surface area contributed by atoms with Crippen molar-refractivity contribution in [2.75, 3.05) is 20.3 Å². The molecule has 2 atom stereocenters. The Morgan fingerprint density at radius 3 is 2.38 bits per heavy atom. The van der Waals surface area contributed by atoms with Crippen LogP contribution >= 0.6 is 0 Å². The lowest BCUT2D eigenvalue weighted by Gasteiger charge is -2.58. The average molecular weight is 334 g/mol. The Hall–Kier alpha value is -1.59. The Kier molecular flexibility index (Phi) is 5.56. The molecule has 0 aromatic heterocycles. The van der Waals surface area contributed by atoms with Crippen molar-refractivity contribution in [3.8, 4) is 5.75 Å². The van der Waals surface area contributed by atoms with Crippen LogP contribution < -0.4 is 10.5 Å². The summed E-state index contributed by atoms with van der Waals surface area (Å²) in [7, 11) is 1.80. The Labute approximate surface area is 145 Å². The molecule has 2 rings (SSSR count). The number of ether oxygens (including phenoxy) is 2. The molecule has 5 heteroatoms. The molecule has 2 N–H and O–H groups in total. The van der Waals surface area contributed by atoms with Crippen LogP contribution in [0.5, 0.6) is 5.75 Å². The number of likely N-dealkylation sites (N-methyl/N-ethyl adjacent to an activating group) is 1. The summed E-state index contributed by atoms with van der Waals surface area (Å²) in [6.45, 7) is 9.76. The minimum absolute atomic E-state index is 0.0302. The fourth-order valence-corrected chi connectivity index (χ4v) is 3.34. The summed E-state index contributed by atoms with van der Waals surface area (Å²) in [5.41, 5.74) is 6.29. The Bertz CT molecular complexity index is 570. The third-order valence-electron chi connectivity index (χ3n) is 5.21. The monoisotopic (exact) mass is 334 g/mol. The summed E-state index contributed by atoms with van der Waals surface area (Å²) in [4.78, 5) is 14.6. The molecule has 1 aliphatic rings. The number of carbonyl (C=O) groups is 1. The van der Waals surface area contributed by atoms with Gasteiger partial charge in [-0.2, -0.15) is 0 Å². The largest absolute Gasteiger partial charge is 0.494 e. The number of carbonyl (C=O) groups excluding carboxylic acids is 1. The lowest BCUT2D eigenvalue weighted by Crippen LogP contribution is -2.75. The second-order valence-corrected chi connectivity index (χ2v) is 7.08. The number of nitrogens with two attached hydrogens (primary N) is 1. The molecule has 0 spiro atoms. The molecule has 0 heterocycles. The summed E-state index contributed by atoms with van der Waals surface area (Å²) in [5.74, 6) is 0.808. The van der Waals surface area contributed by atoms with Gasteiger partial charge in [0.05, 0.1) is 12.7 Å². The molecule has 0 radical (unpaired) electrons. The van der Waals surface area contributed by atoms with E-state index in [1.54, 1.807) is 11.9 Å². The molecule has 134 valence electrons. The summed E-state index contributed by atoms with van der Waals surface area (Å²) in [6.07, 6.45) is 0.607. The molecule has 0 saturated heterocycles. The first-order valence-corrected chi connectivity index (χ1v) is 8.64. The number of hydrogen-bond acceptors (Lipinski definition) is 4. The maximum Gasteiger partial charge on any atom is 0.243 e. The highest BCUT2D eigenvalue weighted by molar-refractivity contribution is 5.88. The second kappa shape index (κ2) is 7.11. The number of hydrogen-bond donors (Lipinski definition) is 1. The van der Waals surface area contributed by atoms with Gasteiger partial charge in [-0.3, -0.25) is 4.79 Å². The number of benzene rings is 1. The van der Waals surface area contributed by atoms with E-state index in [-0.39, 0.29) is 17.4 Å². The van der Waals surface area contributed by atoms with Gasteiger partial charge in [-0.15, -0.1) is 0 Å². The molecule has 1 saturated carbocycles. The van der Waals surface area contributed by atoms with Crippen LogP contribution in [0.3, 0.4) is 0 Å². The average Bonchev–Trinajstić information content (AvgIpc) is 2.55. The van der Waals surface area contributed by atoms with Gasteiger partial charge in [0.25, 0.3) is 0 Å². The van der Waals surface area contributed by atoms with Gasteiger partial charge < -0.3 is 20.1 Å². The Morgan fingerprint density at radius 1 is 1.25 bits per heavy atom. The normalized spacial score (nSPS) is 25.0. The molecule has 0 bridgehead atoms. The van der Waals surface area contributed by atoms with Crippen LogP contribution in [-0.4, -0.2) is 42.7 Å². The van der Waals surface area contributed by atoms with Crippen molar-refractivity contribution >= 4 is 5.91 Å². The van der Waals surface area contributed by atoms with E-state index in [0.29, 0.717) is 26.2 Å². The number of nitrogens with zero attached hydrogens (tertiary/aromatic N) is 1. The number of amides is 1. The van der Waals surface area contributed by atoms with Crippen LogP contribution in [0.2, 0.25) is 0 Å². The highest BCUT2D eigenvalue weighted by Crippen LogP contribution is 2.50. The van der Waals surface area contributed by atoms with Gasteiger partial charge in [0.1, 0.15) is 11.3 Å². The predicted molar refractivity (Wildman–Crippen MR) is 94.8 cm³/mol. The molecule has 1 aromatic rings. The van der Waals surface area contributed by atoms with Crippen LogP contribution in [0.4, 0.5) is 0 Å². The van der Waals surface area contributed by atoms with E-state index in [9.17, 15) is 4.79 Å². The zero-order valence-electron chi connectivity index (χ0n) is 15.5. The molecule has 1 aliphatic carbocycles. The van der Waals surface area contributed by atoms with Crippen molar-refractivity contribution in [2.24, 2.45) is 11.1 Å². The number of rotatable bonds is 7. The van der Waals surface area contributed by atoms with Crippen LogP contribution in [0.1, 0.15) is 39.7 Å². The summed E-state index contributed by atoms with van der Waals surface area (Å²) >= 11 is 0. The zero-order chi connectivity index (χ0) is 18.0. The van der Waals surface area contributed by atoms with E-state index < -0.39 is 5.54 Å². The van der Waals surface area contributed by atoms with E-state index >= 15 is 0 Å². The first kappa shape index (κ1) is 18.7. The van der Waals surface area contributed by atoms with Crippen LogP contribution in [0.15, 0.2) is 24.3 Å². The fraction of sp³-hybridized carbons (Fsp3) is 0.632. The van der Waals surface area contributed by atoms with Crippen molar-refractivity contribution in [3.05, 3.63) is 29.8 Å². The summed E-state index contributed by atoms with van der Waals surface area (Å²) in [6, 6.07) is 7.81. The third-order valence-corrected chi connectivity index (χ3v) is 5.21. The minimum Gasteiger partial charge on any atom is -0.494 e. The SMILES string of the molecule is CCOc1ccc(CN(C)C(=O)C2(N)CC(OCC)C2(C)C)cc1. The van der Waals surface area contributed by atoms with Crippen molar-refractivity contribution in [2.45, 2.75) is 52.3 Å². The smallest absolute Gasteiger partial charge is 0.243 e. The maximum atomic E-state index is 12.9. The molecular weight excluding hydrogens is 304 g/mol. The lowest BCUT2D eigenvalue weighted by molar-refractivity contribution is -0.178. The Balaban J connectivity index is 2.02. The maximum absolute atomic E-state index is 12.9. The van der Waals surface area contributed by atoms with Crippen LogP contribution in [0, 0.1) is 5.41 Å². The quantitative estimate of drug-likeness (QED) is 0.832. The molecule has 5 nitrogen and oxygen atoms in total. The van der Waals surface area contributed by atoms with E-state index in [4.69, 9.17) is 15.2 Å². The fourth-order valence-electron chi connectivity index (χ4n) is 3.34. The summed E-state index contributed by atoms with van der Waals surface area (Å²) in [5, 5.41) is 0. The third kappa shape index (κ3) is 3.28. The molecule has 1 aromatic carbocycles. The molecule has 24 heavy (non-hydrogen) atoms. The van der Waals surface area contributed by atoms with E-state index in [1.807, 2.05) is 52.0 Å². The van der Waals surface area contributed by atoms with Crippen LogP contribution in [-0.2, 0) is 16.1 Å². The highest BCUT2D eigenvalue weighted by Gasteiger charge is 2.63. The van der Waals surface area contributed by atoms with E-state index in [2.05, 4.69) is 0 Å². The molecule has 2 unspecified atom stereocenters.